The van der Waals surface area contributed by atoms with Gasteiger partial charge in [-0.05, 0) is 89.9 Å². The number of aryl methyl sites for hydroxylation is 1. The van der Waals surface area contributed by atoms with E-state index in [9.17, 15) is 0 Å². The molecule has 1 unspecified atom stereocenters. The first kappa shape index (κ1) is 18.4. The van der Waals surface area contributed by atoms with Crippen LogP contribution in [-0.4, -0.2) is 46.5 Å². The quantitative estimate of drug-likeness (QED) is 0.758. The number of benzene rings is 1. The summed E-state index contributed by atoms with van der Waals surface area (Å²) in [5, 5.41) is 5.84. The number of ether oxygens (including phenoxy) is 2. The largest absolute Gasteiger partial charge is 0.490 e. The molecule has 2 saturated heterocycles. The average Bonchev–Trinajstić information content (AvgIpc) is 3.42. The van der Waals surface area contributed by atoms with E-state index in [0.29, 0.717) is 6.10 Å². The van der Waals surface area contributed by atoms with Gasteiger partial charge in [0.25, 0.3) is 0 Å². The predicted molar refractivity (Wildman–Crippen MR) is 111 cm³/mol. The number of likely N-dealkylation sites (tertiary alicyclic amines) is 1. The Hall–Kier alpha value is -1.59. The van der Waals surface area contributed by atoms with Gasteiger partial charge in [0.1, 0.15) is 5.75 Å². The van der Waals surface area contributed by atoms with Crippen molar-refractivity contribution in [1.29, 1.82) is 0 Å². The van der Waals surface area contributed by atoms with Crippen LogP contribution in [0.15, 0.2) is 18.3 Å². The maximum Gasteiger partial charge on any atom is 0.150 e. The Morgan fingerprint density at radius 1 is 1.00 bits per heavy atom. The van der Waals surface area contributed by atoms with E-state index in [4.69, 9.17) is 9.47 Å². The number of nitrogens with zero attached hydrogens (tertiary/aromatic N) is 3. The summed E-state index contributed by atoms with van der Waals surface area (Å²) in [5.74, 6) is 1.03. The first-order chi connectivity index (χ1) is 13.8. The van der Waals surface area contributed by atoms with Crippen molar-refractivity contribution in [3.63, 3.8) is 0 Å². The van der Waals surface area contributed by atoms with E-state index in [-0.39, 0.29) is 6.23 Å². The zero-order valence-electron chi connectivity index (χ0n) is 17.1. The molecule has 1 atom stereocenters. The third kappa shape index (κ3) is 3.55. The van der Waals surface area contributed by atoms with Crippen LogP contribution < -0.4 is 4.74 Å². The van der Waals surface area contributed by atoms with Gasteiger partial charge in [-0.1, -0.05) is 0 Å². The van der Waals surface area contributed by atoms with Gasteiger partial charge in [-0.3, -0.25) is 0 Å². The van der Waals surface area contributed by atoms with E-state index in [2.05, 4.69) is 33.7 Å². The Labute approximate surface area is 168 Å². The molecule has 0 radical (unpaired) electrons. The molecule has 0 amide bonds. The number of fused-ring (bicyclic) bond motifs is 1. The molecule has 2 aliphatic heterocycles. The highest BCUT2D eigenvalue weighted by atomic mass is 16.5. The van der Waals surface area contributed by atoms with Gasteiger partial charge in [0, 0.05) is 23.6 Å². The Balaban J connectivity index is 1.27. The van der Waals surface area contributed by atoms with E-state index in [1.165, 1.54) is 69.0 Å². The molecule has 0 N–H and O–H groups in total. The summed E-state index contributed by atoms with van der Waals surface area (Å²) >= 11 is 0. The molecule has 28 heavy (non-hydrogen) atoms. The predicted octanol–water partition coefficient (Wildman–Crippen LogP) is 4.83. The first-order valence-corrected chi connectivity index (χ1v) is 11.3. The molecule has 5 heteroatoms. The third-order valence-corrected chi connectivity index (χ3v) is 7.02. The molecular weight excluding hydrogens is 350 g/mol. The maximum atomic E-state index is 6.47. The van der Waals surface area contributed by atoms with Crippen molar-refractivity contribution in [2.24, 2.45) is 0 Å². The summed E-state index contributed by atoms with van der Waals surface area (Å²) < 4.78 is 14.5. The molecule has 2 aromatic rings. The van der Waals surface area contributed by atoms with Gasteiger partial charge in [-0.2, -0.15) is 5.10 Å². The van der Waals surface area contributed by atoms with Crippen molar-refractivity contribution in [3.8, 4) is 5.75 Å². The van der Waals surface area contributed by atoms with Crippen molar-refractivity contribution in [2.75, 3.05) is 19.7 Å². The molecule has 1 aromatic heterocycles. The normalized spacial score (nSPS) is 29.4. The van der Waals surface area contributed by atoms with E-state index in [1.807, 2.05) is 6.20 Å². The number of aromatic nitrogens is 2. The summed E-state index contributed by atoms with van der Waals surface area (Å²) in [6.45, 7) is 5.62. The first-order valence-electron chi connectivity index (χ1n) is 11.3. The lowest BCUT2D eigenvalue weighted by molar-refractivity contribution is -0.0366. The van der Waals surface area contributed by atoms with Crippen LogP contribution in [0.2, 0.25) is 0 Å². The fourth-order valence-electron chi connectivity index (χ4n) is 5.33. The van der Waals surface area contributed by atoms with Gasteiger partial charge in [-0.15, -0.1) is 0 Å². The fraction of sp³-hybridized carbons (Fsp3) is 0.696. The Kier molecular flexibility index (Phi) is 5.29. The minimum Gasteiger partial charge on any atom is -0.490 e. The molecule has 5 nitrogen and oxygen atoms in total. The van der Waals surface area contributed by atoms with Crippen LogP contribution in [-0.2, 0) is 4.74 Å². The smallest absolute Gasteiger partial charge is 0.150 e. The molecule has 0 bridgehead atoms. The lowest BCUT2D eigenvalue weighted by Gasteiger charge is -2.34. The summed E-state index contributed by atoms with van der Waals surface area (Å²) in [6, 6.07) is 5.10. The van der Waals surface area contributed by atoms with Gasteiger partial charge < -0.3 is 14.4 Å². The second kappa shape index (κ2) is 8.03. The molecule has 1 aliphatic carbocycles. The van der Waals surface area contributed by atoms with Gasteiger partial charge in [-0.25, -0.2) is 4.68 Å². The van der Waals surface area contributed by atoms with Crippen LogP contribution in [0, 0.1) is 6.92 Å². The van der Waals surface area contributed by atoms with Crippen LogP contribution in [0.5, 0.6) is 5.75 Å². The zero-order valence-corrected chi connectivity index (χ0v) is 17.1. The second-order valence-corrected chi connectivity index (χ2v) is 8.82. The van der Waals surface area contributed by atoms with Crippen LogP contribution >= 0.6 is 0 Å². The summed E-state index contributed by atoms with van der Waals surface area (Å²) in [6.07, 6.45) is 13.5. The number of rotatable bonds is 4. The zero-order chi connectivity index (χ0) is 18.9. The average molecular weight is 384 g/mol. The highest BCUT2D eigenvalue weighted by Gasteiger charge is 2.28. The van der Waals surface area contributed by atoms with Crippen LogP contribution in [0.3, 0.4) is 0 Å². The van der Waals surface area contributed by atoms with E-state index >= 15 is 0 Å². The SMILES string of the molecule is Cc1c(OC2CCC(N3CCCC3)CC2)ccc2c1cnn2C1CCCCO1. The second-order valence-electron chi connectivity index (χ2n) is 8.82. The molecule has 1 aromatic carbocycles. The van der Waals surface area contributed by atoms with Gasteiger partial charge in [0.05, 0.1) is 17.8 Å². The topological polar surface area (TPSA) is 39.5 Å². The molecule has 5 rings (SSSR count). The van der Waals surface area contributed by atoms with Crippen LogP contribution in [0.25, 0.3) is 10.9 Å². The third-order valence-electron chi connectivity index (χ3n) is 7.02. The monoisotopic (exact) mass is 383 g/mol. The van der Waals surface area contributed by atoms with E-state index in [1.54, 1.807) is 0 Å². The summed E-state index contributed by atoms with van der Waals surface area (Å²) in [7, 11) is 0. The number of hydrogen-bond donors (Lipinski definition) is 0. The van der Waals surface area contributed by atoms with Crippen LogP contribution in [0.4, 0.5) is 0 Å². The minimum absolute atomic E-state index is 0.0817. The van der Waals surface area contributed by atoms with Crippen molar-refractivity contribution in [3.05, 3.63) is 23.9 Å². The lowest BCUT2D eigenvalue weighted by Crippen LogP contribution is -2.38. The molecule has 0 spiro atoms. The van der Waals surface area contributed by atoms with Crippen LogP contribution in [0.1, 0.15) is 69.6 Å². The van der Waals surface area contributed by atoms with Crippen molar-refractivity contribution < 1.29 is 9.47 Å². The molecule has 3 aliphatic rings. The van der Waals surface area contributed by atoms with Gasteiger partial charge in [0.15, 0.2) is 6.23 Å². The standard InChI is InChI=1S/C23H33N3O2/c1-17-20-16-24-26(23-6-2-5-15-27-23)21(20)11-12-22(17)28-19-9-7-18(8-10-19)25-13-3-4-14-25/h11-12,16,18-19,23H,2-10,13-15H2,1H3. The molecule has 1 saturated carbocycles. The Morgan fingerprint density at radius 2 is 1.82 bits per heavy atom. The summed E-state index contributed by atoms with van der Waals surface area (Å²) in [5.41, 5.74) is 2.37. The van der Waals surface area contributed by atoms with Crippen molar-refractivity contribution >= 4 is 10.9 Å². The van der Waals surface area contributed by atoms with Crippen molar-refractivity contribution in [1.82, 2.24) is 14.7 Å². The van der Waals surface area contributed by atoms with Crippen molar-refractivity contribution in [2.45, 2.75) is 83.1 Å². The molecular formula is C23H33N3O2. The maximum absolute atomic E-state index is 6.47. The molecule has 3 fully saturated rings. The van der Waals surface area contributed by atoms with E-state index < -0.39 is 0 Å². The molecule has 152 valence electrons. The highest BCUT2D eigenvalue weighted by Crippen LogP contribution is 2.34. The van der Waals surface area contributed by atoms with Gasteiger partial charge in [0.2, 0.25) is 0 Å². The van der Waals surface area contributed by atoms with E-state index in [0.717, 1.165) is 36.8 Å². The minimum atomic E-state index is 0.0817. The fourth-order valence-corrected chi connectivity index (χ4v) is 5.33. The summed E-state index contributed by atoms with van der Waals surface area (Å²) in [4.78, 5) is 2.70. The number of hydrogen-bond acceptors (Lipinski definition) is 4. The Morgan fingerprint density at radius 3 is 2.57 bits per heavy atom. The van der Waals surface area contributed by atoms with Gasteiger partial charge >= 0.3 is 0 Å². The molecule has 3 heterocycles. The highest BCUT2D eigenvalue weighted by molar-refractivity contribution is 5.84. The lowest BCUT2D eigenvalue weighted by atomic mass is 9.92. The Bertz CT molecular complexity index is 798.